The van der Waals surface area contributed by atoms with E-state index in [4.69, 9.17) is 9.52 Å². The zero-order chi connectivity index (χ0) is 15.1. The van der Waals surface area contributed by atoms with Crippen LogP contribution in [-0.4, -0.2) is 40.4 Å². The molecule has 1 aromatic carbocycles. The topological polar surface area (TPSA) is 62.4 Å². The SMILES string of the molecule is Cc1cccc(-c2nnc(CN(C)CCCCCO)o2)c1. The molecule has 0 unspecified atom stereocenters. The van der Waals surface area contributed by atoms with Gasteiger partial charge in [-0.25, -0.2) is 0 Å². The molecule has 21 heavy (non-hydrogen) atoms. The average Bonchev–Trinajstić information content (AvgIpc) is 2.92. The second-order valence-electron chi connectivity index (χ2n) is 5.39. The summed E-state index contributed by atoms with van der Waals surface area (Å²) in [5, 5.41) is 17.0. The van der Waals surface area contributed by atoms with E-state index < -0.39 is 0 Å². The minimum absolute atomic E-state index is 0.271. The minimum Gasteiger partial charge on any atom is -0.419 e. The molecule has 0 aliphatic rings. The first-order valence-corrected chi connectivity index (χ1v) is 7.38. The zero-order valence-electron chi connectivity index (χ0n) is 12.7. The number of aromatic nitrogens is 2. The Hall–Kier alpha value is -1.72. The van der Waals surface area contributed by atoms with E-state index in [1.54, 1.807) is 0 Å². The Kier molecular flexibility index (Phi) is 5.90. The number of unbranched alkanes of at least 4 members (excludes halogenated alkanes) is 2. The Labute approximate surface area is 125 Å². The molecular weight excluding hydrogens is 266 g/mol. The van der Waals surface area contributed by atoms with E-state index in [9.17, 15) is 0 Å². The van der Waals surface area contributed by atoms with Crippen LogP contribution in [0.2, 0.25) is 0 Å². The lowest BCUT2D eigenvalue weighted by Gasteiger charge is -2.13. The molecule has 0 atom stereocenters. The second kappa shape index (κ2) is 7.90. The van der Waals surface area contributed by atoms with Crippen LogP contribution >= 0.6 is 0 Å². The summed E-state index contributed by atoms with van der Waals surface area (Å²) in [5.41, 5.74) is 2.13. The van der Waals surface area contributed by atoms with Gasteiger partial charge in [-0.15, -0.1) is 10.2 Å². The van der Waals surface area contributed by atoms with Crippen LogP contribution in [0, 0.1) is 6.92 Å². The van der Waals surface area contributed by atoms with Crippen LogP contribution in [-0.2, 0) is 6.54 Å². The highest BCUT2D eigenvalue weighted by Crippen LogP contribution is 2.19. The van der Waals surface area contributed by atoms with Crippen LogP contribution in [0.4, 0.5) is 0 Å². The van der Waals surface area contributed by atoms with Crippen molar-refractivity contribution in [1.29, 1.82) is 0 Å². The molecule has 0 aliphatic heterocycles. The summed E-state index contributed by atoms with van der Waals surface area (Å²) in [6.07, 6.45) is 2.97. The van der Waals surface area contributed by atoms with Gasteiger partial charge in [0.25, 0.3) is 0 Å². The third kappa shape index (κ3) is 4.95. The maximum Gasteiger partial charge on any atom is 0.247 e. The quantitative estimate of drug-likeness (QED) is 0.757. The molecule has 114 valence electrons. The minimum atomic E-state index is 0.271. The van der Waals surface area contributed by atoms with E-state index in [1.165, 1.54) is 5.56 Å². The molecule has 1 heterocycles. The number of aliphatic hydroxyl groups excluding tert-OH is 1. The molecule has 0 amide bonds. The molecule has 0 fully saturated rings. The van der Waals surface area contributed by atoms with Crippen LogP contribution < -0.4 is 0 Å². The first-order valence-electron chi connectivity index (χ1n) is 7.38. The Morgan fingerprint density at radius 2 is 2.05 bits per heavy atom. The molecule has 0 radical (unpaired) electrons. The lowest BCUT2D eigenvalue weighted by molar-refractivity contribution is 0.262. The second-order valence-corrected chi connectivity index (χ2v) is 5.39. The van der Waals surface area contributed by atoms with Crippen molar-refractivity contribution in [3.63, 3.8) is 0 Å². The van der Waals surface area contributed by atoms with Crippen molar-refractivity contribution in [2.75, 3.05) is 20.2 Å². The van der Waals surface area contributed by atoms with E-state index in [1.807, 2.05) is 38.2 Å². The molecule has 2 aromatic rings. The van der Waals surface area contributed by atoms with E-state index in [0.29, 0.717) is 18.3 Å². The molecule has 1 aromatic heterocycles. The van der Waals surface area contributed by atoms with Crippen molar-refractivity contribution in [2.24, 2.45) is 0 Å². The van der Waals surface area contributed by atoms with Crippen LogP contribution in [0.1, 0.15) is 30.7 Å². The molecular formula is C16H23N3O2. The van der Waals surface area contributed by atoms with Crippen LogP contribution in [0.5, 0.6) is 0 Å². The summed E-state index contributed by atoms with van der Waals surface area (Å²) in [4.78, 5) is 2.16. The van der Waals surface area contributed by atoms with Gasteiger partial charge in [0.1, 0.15) is 0 Å². The summed E-state index contributed by atoms with van der Waals surface area (Å²) in [7, 11) is 2.04. The average molecular weight is 289 g/mol. The summed E-state index contributed by atoms with van der Waals surface area (Å²) < 4.78 is 5.72. The number of aryl methyl sites for hydroxylation is 1. The van der Waals surface area contributed by atoms with Crippen LogP contribution in [0.25, 0.3) is 11.5 Å². The Morgan fingerprint density at radius 3 is 2.81 bits per heavy atom. The molecule has 1 N–H and O–H groups in total. The Morgan fingerprint density at radius 1 is 1.19 bits per heavy atom. The van der Waals surface area contributed by atoms with E-state index in [0.717, 1.165) is 31.4 Å². The molecule has 5 heteroatoms. The van der Waals surface area contributed by atoms with Crippen molar-refractivity contribution in [2.45, 2.75) is 32.7 Å². The van der Waals surface area contributed by atoms with Gasteiger partial charge in [-0.2, -0.15) is 0 Å². The first-order chi connectivity index (χ1) is 10.2. The maximum absolute atomic E-state index is 8.75. The molecule has 0 spiro atoms. The predicted octanol–water partition coefficient (Wildman–Crippen LogP) is 2.64. The number of aliphatic hydroxyl groups is 1. The fourth-order valence-corrected chi connectivity index (χ4v) is 2.19. The molecule has 0 bridgehead atoms. The van der Waals surface area contributed by atoms with Crippen molar-refractivity contribution < 1.29 is 9.52 Å². The highest BCUT2D eigenvalue weighted by molar-refractivity contribution is 5.53. The maximum atomic E-state index is 8.75. The number of hydrogen-bond donors (Lipinski definition) is 1. The number of nitrogens with zero attached hydrogens (tertiary/aromatic N) is 3. The van der Waals surface area contributed by atoms with Crippen LogP contribution in [0.3, 0.4) is 0 Å². The number of rotatable bonds is 8. The Bertz CT molecular complexity index is 554. The van der Waals surface area contributed by atoms with E-state index in [2.05, 4.69) is 15.1 Å². The first kappa shape index (κ1) is 15.7. The van der Waals surface area contributed by atoms with Gasteiger partial charge in [-0.1, -0.05) is 17.7 Å². The third-order valence-corrected chi connectivity index (χ3v) is 3.33. The van der Waals surface area contributed by atoms with Gasteiger partial charge < -0.3 is 9.52 Å². The predicted molar refractivity (Wildman–Crippen MR) is 81.7 cm³/mol. The Balaban J connectivity index is 1.88. The lowest BCUT2D eigenvalue weighted by Crippen LogP contribution is -2.19. The summed E-state index contributed by atoms with van der Waals surface area (Å²) in [6, 6.07) is 8.04. The van der Waals surface area contributed by atoms with E-state index in [-0.39, 0.29) is 6.61 Å². The van der Waals surface area contributed by atoms with Gasteiger partial charge in [-0.05, 0) is 51.9 Å². The highest BCUT2D eigenvalue weighted by Gasteiger charge is 2.10. The number of hydrogen-bond acceptors (Lipinski definition) is 5. The third-order valence-electron chi connectivity index (χ3n) is 3.33. The molecule has 0 saturated heterocycles. The summed E-state index contributed by atoms with van der Waals surface area (Å²) >= 11 is 0. The molecule has 0 aliphatic carbocycles. The largest absolute Gasteiger partial charge is 0.419 e. The highest BCUT2D eigenvalue weighted by atomic mass is 16.4. The van der Waals surface area contributed by atoms with Crippen molar-refractivity contribution in [1.82, 2.24) is 15.1 Å². The fraction of sp³-hybridized carbons (Fsp3) is 0.500. The molecule has 0 saturated carbocycles. The summed E-state index contributed by atoms with van der Waals surface area (Å²) in [5.74, 6) is 1.21. The molecule has 2 rings (SSSR count). The van der Waals surface area contributed by atoms with Crippen LogP contribution in [0.15, 0.2) is 28.7 Å². The lowest BCUT2D eigenvalue weighted by atomic mass is 10.1. The smallest absolute Gasteiger partial charge is 0.247 e. The van der Waals surface area contributed by atoms with Gasteiger partial charge in [-0.3, -0.25) is 4.90 Å². The van der Waals surface area contributed by atoms with E-state index >= 15 is 0 Å². The fourth-order valence-electron chi connectivity index (χ4n) is 2.19. The van der Waals surface area contributed by atoms with Gasteiger partial charge in [0, 0.05) is 12.2 Å². The zero-order valence-corrected chi connectivity index (χ0v) is 12.7. The van der Waals surface area contributed by atoms with Crippen molar-refractivity contribution in [3.8, 4) is 11.5 Å². The molecule has 5 nitrogen and oxygen atoms in total. The van der Waals surface area contributed by atoms with Crippen molar-refractivity contribution in [3.05, 3.63) is 35.7 Å². The van der Waals surface area contributed by atoms with Gasteiger partial charge >= 0.3 is 0 Å². The van der Waals surface area contributed by atoms with Gasteiger partial charge in [0.2, 0.25) is 11.8 Å². The summed E-state index contributed by atoms with van der Waals surface area (Å²) in [6.45, 7) is 3.92. The van der Waals surface area contributed by atoms with Gasteiger partial charge in [0.05, 0.1) is 6.54 Å². The standard InChI is InChI=1S/C16H23N3O2/c1-13-7-6-8-14(11-13)16-18-17-15(21-16)12-19(2)9-4-3-5-10-20/h6-8,11,20H,3-5,9-10,12H2,1-2H3. The van der Waals surface area contributed by atoms with Crippen molar-refractivity contribution >= 4 is 0 Å². The monoisotopic (exact) mass is 289 g/mol. The normalized spacial score (nSPS) is 11.2. The van der Waals surface area contributed by atoms with Gasteiger partial charge in [0.15, 0.2) is 0 Å². The number of benzene rings is 1.